The highest BCUT2D eigenvalue weighted by atomic mass is 32.2. The Morgan fingerprint density at radius 2 is 2.33 bits per heavy atom. The van der Waals surface area contributed by atoms with Crippen LogP contribution in [0.2, 0.25) is 0 Å². The summed E-state index contributed by atoms with van der Waals surface area (Å²) >= 11 is 0. The summed E-state index contributed by atoms with van der Waals surface area (Å²) < 4.78 is 30.0. The van der Waals surface area contributed by atoms with Crippen molar-refractivity contribution in [2.24, 2.45) is 0 Å². The van der Waals surface area contributed by atoms with Gasteiger partial charge in [0.15, 0.2) is 0 Å². The van der Waals surface area contributed by atoms with Crippen LogP contribution < -0.4 is 4.72 Å². The van der Waals surface area contributed by atoms with E-state index in [0.717, 1.165) is 0 Å². The summed E-state index contributed by atoms with van der Waals surface area (Å²) in [5, 5.41) is 6.26. The van der Waals surface area contributed by atoms with Crippen LogP contribution in [-0.4, -0.2) is 48.5 Å². The summed E-state index contributed by atoms with van der Waals surface area (Å²) in [6, 6.07) is 0. The van der Waals surface area contributed by atoms with Gasteiger partial charge >= 0.3 is 5.97 Å². The maximum atomic E-state index is 11.5. The number of hydrogen-bond donors (Lipinski definition) is 2. The van der Waals surface area contributed by atoms with Crippen molar-refractivity contribution in [3.8, 4) is 0 Å². The molecule has 0 aromatic carbocycles. The van der Waals surface area contributed by atoms with Crippen LogP contribution in [0.4, 0.5) is 0 Å². The van der Waals surface area contributed by atoms with Gasteiger partial charge in [-0.15, -0.1) is 0 Å². The normalized spacial score (nSPS) is 11.4. The van der Waals surface area contributed by atoms with Crippen LogP contribution in [-0.2, 0) is 26.0 Å². The number of hydrogen-bond acceptors (Lipinski definition) is 6. The largest absolute Gasteiger partial charge is 0.466 e. The molecule has 18 heavy (non-hydrogen) atoms. The molecule has 0 aliphatic rings. The smallest absolute Gasteiger partial charge is 0.306 e. The summed E-state index contributed by atoms with van der Waals surface area (Å²) in [5.41, 5.74) is 0. The first-order valence-corrected chi connectivity index (χ1v) is 7.16. The van der Waals surface area contributed by atoms with E-state index in [2.05, 4.69) is 24.6 Å². The second-order valence-electron chi connectivity index (χ2n) is 3.45. The average Bonchev–Trinajstić information content (AvgIpc) is 2.80. The summed E-state index contributed by atoms with van der Waals surface area (Å²) in [5.74, 6) is -0.191. The van der Waals surface area contributed by atoms with Gasteiger partial charge in [0.05, 0.1) is 18.8 Å². The molecule has 0 radical (unpaired) electrons. The van der Waals surface area contributed by atoms with E-state index in [-0.39, 0.29) is 25.3 Å². The Hall–Kier alpha value is -1.48. The van der Waals surface area contributed by atoms with Crippen LogP contribution >= 0.6 is 0 Å². The van der Waals surface area contributed by atoms with Crippen molar-refractivity contribution in [1.29, 1.82) is 0 Å². The van der Waals surface area contributed by atoms with Gasteiger partial charge in [0.25, 0.3) is 0 Å². The van der Waals surface area contributed by atoms with Crippen molar-refractivity contribution in [2.75, 3.05) is 18.9 Å². The Kier molecular flexibility index (Phi) is 5.72. The molecule has 1 heterocycles. The molecule has 0 spiro atoms. The van der Waals surface area contributed by atoms with Gasteiger partial charge in [0.1, 0.15) is 12.2 Å². The fraction of sp³-hybridized carbons (Fsp3) is 0.667. The number of aromatic amines is 1. The molecule has 8 nitrogen and oxygen atoms in total. The Bertz CT molecular complexity index is 457. The van der Waals surface area contributed by atoms with Crippen LogP contribution in [0.25, 0.3) is 0 Å². The first kappa shape index (κ1) is 14.6. The highest BCUT2D eigenvalue weighted by Gasteiger charge is 2.13. The molecule has 0 aliphatic heterocycles. The molecule has 9 heteroatoms. The van der Waals surface area contributed by atoms with Crippen LogP contribution in [0, 0.1) is 0 Å². The number of nitrogens with one attached hydrogen (secondary N) is 2. The predicted octanol–water partition coefficient (Wildman–Crippen LogP) is -0.780. The van der Waals surface area contributed by atoms with Crippen molar-refractivity contribution >= 4 is 16.0 Å². The number of nitrogens with zero attached hydrogens (tertiary/aromatic N) is 2. The Morgan fingerprint density at radius 3 is 2.94 bits per heavy atom. The second-order valence-corrected chi connectivity index (χ2v) is 5.38. The van der Waals surface area contributed by atoms with Gasteiger partial charge in [-0.05, 0) is 6.92 Å². The van der Waals surface area contributed by atoms with Gasteiger partial charge in [-0.3, -0.25) is 9.89 Å². The van der Waals surface area contributed by atoms with Gasteiger partial charge in [-0.25, -0.2) is 18.1 Å². The molecule has 0 unspecified atom stereocenters. The van der Waals surface area contributed by atoms with Crippen molar-refractivity contribution in [3.05, 3.63) is 12.2 Å². The second kappa shape index (κ2) is 7.07. The van der Waals surface area contributed by atoms with E-state index in [1.807, 2.05) is 0 Å². The summed E-state index contributed by atoms with van der Waals surface area (Å²) in [4.78, 5) is 14.9. The lowest BCUT2D eigenvalue weighted by atomic mass is 10.4. The summed E-state index contributed by atoms with van der Waals surface area (Å²) in [6.45, 7) is 2.13. The van der Waals surface area contributed by atoms with Crippen molar-refractivity contribution in [1.82, 2.24) is 19.9 Å². The Balaban J connectivity index is 2.25. The third-order valence-electron chi connectivity index (χ3n) is 2.03. The minimum atomic E-state index is -3.46. The molecule has 2 N–H and O–H groups in total. The lowest BCUT2D eigenvalue weighted by Crippen LogP contribution is -2.29. The number of carbonyl (C=O) groups is 1. The molecule has 1 aromatic heterocycles. The minimum Gasteiger partial charge on any atom is -0.466 e. The van der Waals surface area contributed by atoms with Gasteiger partial charge < -0.3 is 4.74 Å². The highest BCUT2D eigenvalue weighted by Crippen LogP contribution is 1.94. The average molecular weight is 276 g/mol. The zero-order chi connectivity index (χ0) is 13.4. The van der Waals surface area contributed by atoms with Gasteiger partial charge in [0, 0.05) is 13.0 Å². The molecule has 0 bridgehead atoms. The van der Waals surface area contributed by atoms with E-state index in [1.54, 1.807) is 6.92 Å². The standard InChI is InChI=1S/C9H16N4O4S/c1-2-17-9(14)4-6-18(15,16)12-5-3-8-10-7-11-13-8/h7,12H,2-6H2,1H3,(H,10,11,13). The van der Waals surface area contributed by atoms with Crippen LogP contribution in [0.5, 0.6) is 0 Å². The van der Waals surface area contributed by atoms with Gasteiger partial charge in [-0.1, -0.05) is 0 Å². The number of esters is 1. The fourth-order valence-electron chi connectivity index (χ4n) is 1.20. The molecular formula is C9H16N4O4S. The SMILES string of the molecule is CCOC(=O)CCS(=O)(=O)NCCc1ncn[nH]1. The van der Waals surface area contributed by atoms with E-state index in [1.165, 1.54) is 6.33 Å². The van der Waals surface area contributed by atoms with E-state index in [4.69, 9.17) is 0 Å². The topological polar surface area (TPSA) is 114 Å². The van der Waals surface area contributed by atoms with E-state index >= 15 is 0 Å². The maximum Gasteiger partial charge on any atom is 0.306 e. The van der Waals surface area contributed by atoms with Crippen molar-refractivity contribution < 1.29 is 17.9 Å². The van der Waals surface area contributed by atoms with Gasteiger partial charge in [-0.2, -0.15) is 5.10 Å². The minimum absolute atomic E-state index is 0.147. The Morgan fingerprint density at radius 1 is 1.56 bits per heavy atom. The third kappa shape index (κ3) is 5.73. The zero-order valence-electron chi connectivity index (χ0n) is 10.0. The van der Waals surface area contributed by atoms with Crippen LogP contribution in [0.15, 0.2) is 6.33 Å². The molecule has 0 amide bonds. The quantitative estimate of drug-likeness (QED) is 0.602. The van der Waals surface area contributed by atoms with Gasteiger partial charge in [0.2, 0.25) is 10.0 Å². The molecular weight excluding hydrogens is 260 g/mol. The molecule has 0 fully saturated rings. The lowest BCUT2D eigenvalue weighted by Gasteiger charge is -2.05. The Labute approximate surface area is 105 Å². The number of sulfonamides is 1. The zero-order valence-corrected chi connectivity index (χ0v) is 10.9. The number of ether oxygens (including phenoxy) is 1. The number of H-pyrrole nitrogens is 1. The lowest BCUT2D eigenvalue weighted by molar-refractivity contribution is -0.142. The predicted molar refractivity (Wildman–Crippen MR) is 63.1 cm³/mol. The molecule has 102 valence electrons. The number of aromatic nitrogens is 3. The van der Waals surface area contributed by atoms with E-state index in [9.17, 15) is 13.2 Å². The molecule has 0 atom stereocenters. The third-order valence-corrected chi connectivity index (χ3v) is 3.41. The van der Waals surface area contributed by atoms with Crippen LogP contribution in [0.1, 0.15) is 19.2 Å². The highest BCUT2D eigenvalue weighted by molar-refractivity contribution is 7.89. The first-order valence-electron chi connectivity index (χ1n) is 5.50. The van der Waals surface area contributed by atoms with Crippen molar-refractivity contribution in [2.45, 2.75) is 19.8 Å². The summed E-state index contributed by atoms with van der Waals surface area (Å²) in [6.07, 6.45) is 1.62. The van der Waals surface area contributed by atoms with Crippen LogP contribution in [0.3, 0.4) is 0 Å². The van der Waals surface area contributed by atoms with E-state index < -0.39 is 16.0 Å². The van der Waals surface area contributed by atoms with E-state index in [0.29, 0.717) is 12.2 Å². The molecule has 0 saturated carbocycles. The number of rotatable bonds is 8. The first-order chi connectivity index (χ1) is 8.53. The molecule has 1 aromatic rings. The maximum absolute atomic E-state index is 11.5. The fourth-order valence-corrected chi connectivity index (χ4v) is 2.19. The molecule has 1 rings (SSSR count). The monoisotopic (exact) mass is 276 g/mol. The summed E-state index contributed by atoms with van der Waals surface area (Å²) in [7, 11) is -3.46. The number of carbonyl (C=O) groups excluding carboxylic acids is 1. The molecule has 0 saturated heterocycles. The molecule has 0 aliphatic carbocycles. The van der Waals surface area contributed by atoms with Crippen molar-refractivity contribution in [3.63, 3.8) is 0 Å².